The van der Waals surface area contributed by atoms with Crippen molar-refractivity contribution in [1.82, 2.24) is 10.3 Å². The van der Waals surface area contributed by atoms with Crippen molar-refractivity contribution in [3.8, 4) is 11.5 Å². The van der Waals surface area contributed by atoms with Crippen LogP contribution < -0.4 is 14.8 Å². The van der Waals surface area contributed by atoms with Crippen molar-refractivity contribution in [1.29, 1.82) is 0 Å². The van der Waals surface area contributed by atoms with Crippen LogP contribution in [0, 0.1) is 6.92 Å². The van der Waals surface area contributed by atoms with E-state index in [0.717, 1.165) is 9.88 Å². The van der Waals surface area contributed by atoms with Gasteiger partial charge in [0.05, 0.1) is 31.3 Å². The Morgan fingerprint density at radius 3 is 2.75 bits per heavy atom. The van der Waals surface area contributed by atoms with Crippen molar-refractivity contribution in [2.75, 3.05) is 14.2 Å². The molecule has 2 rings (SSSR count). The number of rotatable bonds is 5. The number of thiazole rings is 1. The molecule has 0 atom stereocenters. The minimum Gasteiger partial charge on any atom is -0.497 e. The number of amides is 1. The second kappa shape index (κ2) is 6.38. The highest BCUT2D eigenvalue weighted by atomic mass is 32.1. The van der Waals surface area contributed by atoms with Crippen molar-refractivity contribution in [2.45, 2.75) is 13.5 Å². The number of aromatic nitrogens is 1. The smallest absolute Gasteiger partial charge is 0.255 e. The summed E-state index contributed by atoms with van der Waals surface area (Å²) in [5.74, 6) is 0.931. The molecule has 0 spiro atoms. The Hall–Kier alpha value is -2.08. The van der Waals surface area contributed by atoms with Crippen molar-refractivity contribution in [2.24, 2.45) is 0 Å². The molecule has 1 heterocycles. The lowest BCUT2D eigenvalue weighted by Crippen LogP contribution is -2.23. The largest absolute Gasteiger partial charge is 0.497 e. The molecule has 0 fully saturated rings. The number of carbonyl (C=O) groups excluding carboxylic acids is 1. The Labute approximate surface area is 121 Å². The van der Waals surface area contributed by atoms with Crippen LogP contribution in [0.1, 0.15) is 20.2 Å². The Bertz CT molecular complexity index is 610. The normalized spacial score (nSPS) is 10.2. The first-order chi connectivity index (χ1) is 9.63. The highest BCUT2D eigenvalue weighted by Crippen LogP contribution is 2.24. The summed E-state index contributed by atoms with van der Waals surface area (Å²) in [7, 11) is 3.09. The number of benzene rings is 1. The summed E-state index contributed by atoms with van der Waals surface area (Å²) in [5, 5.41) is 3.83. The van der Waals surface area contributed by atoms with Crippen LogP contribution in [0.25, 0.3) is 0 Å². The second-order valence-corrected chi connectivity index (χ2v) is 5.41. The van der Waals surface area contributed by atoms with Crippen LogP contribution in [-0.4, -0.2) is 25.1 Å². The van der Waals surface area contributed by atoms with Crippen molar-refractivity contribution in [3.05, 3.63) is 39.8 Å². The van der Waals surface area contributed by atoms with Gasteiger partial charge < -0.3 is 14.8 Å². The SMILES string of the molecule is COc1ccc(OC)c(C(=O)NCc2cnc(C)s2)c1. The summed E-state index contributed by atoms with van der Waals surface area (Å²) < 4.78 is 10.3. The van der Waals surface area contributed by atoms with E-state index in [-0.39, 0.29) is 5.91 Å². The Morgan fingerprint density at radius 2 is 2.15 bits per heavy atom. The van der Waals surface area contributed by atoms with Gasteiger partial charge in [0.1, 0.15) is 11.5 Å². The van der Waals surface area contributed by atoms with E-state index in [0.29, 0.717) is 23.6 Å². The summed E-state index contributed by atoms with van der Waals surface area (Å²) in [4.78, 5) is 17.4. The predicted octanol–water partition coefficient (Wildman–Crippen LogP) is 2.40. The fourth-order valence-corrected chi connectivity index (χ4v) is 2.48. The van der Waals surface area contributed by atoms with Gasteiger partial charge in [0.25, 0.3) is 5.91 Å². The van der Waals surface area contributed by atoms with E-state index in [1.807, 2.05) is 6.92 Å². The molecule has 1 N–H and O–H groups in total. The van der Waals surface area contributed by atoms with E-state index in [1.165, 1.54) is 7.11 Å². The molecular weight excluding hydrogens is 276 g/mol. The fourth-order valence-electron chi connectivity index (χ4n) is 1.74. The predicted molar refractivity (Wildman–Crippen MR) is 77.6 cm³/mol. The molecule has 0 saturated carbocycles. The highest BCUT2D eigenvalue weighted by molar-refractivity contribution is 7.11. The molecule has 1 amide bonds. The van der Waals surface area contributed by atoms with Gasteiger partial charge in [-0.3, -0.25) is 4.79 Å². The lowest BCUT2D eigenvalue weighted by molar-refractivity contribution is 0.0948. The maximum absolute atomic E-state index is 12.2. The first-order valence-electron chi connectivity index (χ1n) is 6.05. The van der Waals surface area contributed by atoms with Crippen LogP contribution in [-0.2, 0) is 6.54 Å². The molecule has 5 nitrogen and oxygen atoms in total. The van der Waals surface area contributed by atoms with Gasteiger partial charge in [-0.1, -0.05) is 0 Å². The lowest BCUT2D eigenvalue weighted by atomic mass is 10.1. The van der Waals surface area contributed by atoms with E-state index < -0.39 is 0 Å². The third-order valence-corrected chi connectivity index (χ3v) is 3.66. The maximum Gasteiger partial charge on any atom is 0.255 e. The van der Waals surface area contributed by atoms with Gasteiger partial charge in [0.15, 0.2) is 0 Å². The molecule has 0 bridgehead atoms. The van der Waals surface area contributed by atoms with Crippen molar-refractivity contribution < 1.29 is 14.3 Å². The molecular formula is C14H16N2O3S. The van der Waals surface area contributed by atoms with Gasteiger partial charge in [0, 0.05) is 11.1 Å². The summed E-state index contributed by atoms with van der Waals surface area (Å²) in [5.41, 5.74) is 0.452. The number of hydrogen-bond acceptors (Lipinski definition) is 5. The second-order valence-electron chi connectivity index (χ2n) is 4.09. The van der Waals surface area contributed by atoms with E-state index in [1.54, 1.807) is 42.8 Å². The Balaban J connectivity index is 2.11. The first kappa shape index (κ1) is 14.3. The minimum absolute atomic E-state index is 0.202. The molecule has 0 aliphatic heterocycles. The number of nitrogens with zero attached hydrogens (tertiary/aromatic N) is 1. The summed E-state index contributed by atoms with van der Waals surface area (Å²) in [6, 6.07) is 5.12. The standard InChI is InChI=1S/C14H16N2O3S/c1-9-15-7-11(20-9)8-16-14(17)12-6-10(18-2)4-5-13(12)19-3/h4-7H,8H2,1-3H3,(H,16,17). The van der Waals surface area contributed by atoms with Gasteiger partial charge in [-0.05, 0) is 25.1 Å². The van der Waals surface area contributed by atoms with Crippen LogP contribution in [0.4, 0.5) is 0 Å². The quantitative estimate of drug-likeness (QED) is 0.919. The van der Waals surface area contributed by atoms with Gasteiger partial charge in [-0.25, -0.2) is 4.98 Å². The minimum atomic E-state index is -0.202. The molecule has 0 saturated heterocycles. The molecule has 0 aliphatic rings. The summed E-state index contributed by atoms with van der Waals surface area (Å²) in [6.07, 6.45) is 1.77. The number of hydrogen-bond donors (Lipinski definition) is 1. The fraction of sp³-hybridized carbons (Fsp3) is 0.286. The van der Waals surface area contributed by atoms with Gasteiger partial charge >= 0.3 is 0 Å². The van der Waals surface area contributed by atoms with Crippen LogP contribution in [0.5, 0.6) is 11.5 Å². The molecule has 0 aliphatic carbocycles. The number of carbonyl (C=O) groups is 1. The summed E-state index contributed by atoms with van der Waals surface area (Å²) >= 11 is 1.56. The van der Waals surface area contributed by atoms with E-state index in [9.17, 15) is 4.79 Å². The number of nitrogens with one attached hydrogen (secondary N) is 1. The first-order valence-corrected chi connectivity index (χ1v) is 6.87. The molecule has 0 radical (unpaired) electrons. The van der Waals surface area contributed by atoms with Gasteiger partial charge in [-0.2, -0.15) is 0 Å². The van der Waals surface area contributed by atoms with E-state index in [4.69, 9.17) is 9.47 Å². The number of ether oxygens (including phenoxy) is 2. The van der Waals surface area contributed by atoms with E-state index in [2.05, 4.69) is 10.3 Å². The lowest BCUT2D eigenvalue weighted by Gasteiger charge is -2.10. The molecule has 1 aromatic heterocycles. The molecule has 2 aromatic rings. The average molecular weight is 292 g/mol. The third-order valence-electron chi connectivity index (χ3n) is 2.74. The van der Waals surface area contributed by atoms with Crippen LogP contribution in [0.15, 0.2) is 24.4 Å². The van der Waals surface area contributed by atoms with Crippen molar-refractivity contribution >= 4 is 17.2 Å². The number of aryl methyl sites for hydroxylation is 1. The van der Waals surface area contributed by atoms with Gasteiger partial charge in [-0.15, -0.1) is 11.3 Å². The molecule has 0 unspecified atom stereocenters. The van der Waals surface area contributed by atoms with Crippen LogP contribution in [0.3, 0.4) is 0 Å². The molecule has 106 valence electrons. The average Bonchev–Trinajstić information content (AvgIpc) is 2.89. The number of methoxy groups -OCH3 is 2. The third kappa shape index (κ3) is 3.27. The molecule has 20 heavy (non-hydrogen) atoms. The van der Waals surface area contributed by atoms with Crippen LogP contribution in [0.2, 0.25) is 0 Å². The van der Waals surface area contributed by atoms with Crippen molar-refractivity contribution in [3.63, 3.8) is 0 Å². The van der Waals surface area contributed by atoms with Gasteiger partial charge in [0.2, 0.25) is 0 Å². The topological polar surface area (TPSA) is 60.5 Å². The molecule has 1 aromatic carbocycles. The summed E-state index contributed by atoms with van der Waals surface area (Å²) in [6.45, 7) is 2.38. The Morgan fingerprint density at radius 1 is 1.35 bits per heavy atom. The molecule has 6 heteroatoms. The zero-order valence-corrected chi connectivity index (χ0v) is 12.4. The monoisotopic (exact) mass is 292 g/mol. The Kier molecular flexibility index (Phi) is 4.57. The van der Waals surface area contributed by atoms with Crippen LogP contribution >= 0.6 is 11.3 Å². The maximum atomic E-state index is 12.2. The zero-order chi connectivity index (χ0) is 14.5. The van der Waals surface area contributed by atoms with E-state index >= 15 is 0 Å². The highest BCUT2D eigenvalue weighted by Gasteiger charge is 2.13. The zero-order valence-electron chi connectivity index (χ0n) is 11.6.